The lowest BCUT2D eigenvalue weighted by atomic mass is 9.81. The Hall–Kier alpha value is -3.15. The molecule has 0 aliphatic heterocycles. The van der Waals surface area contributed by atoms with E-state index in [9.17, 15) is 5.26 Å². The SMILES string of the molecule is CN[C@]1(C)CC[C@H](n2ncc(-c3cc(Sc4ccccn4)c4c(C#N)cnn4c3)c2C)CC1. The minimum atomic E-state index is 0.224. The van der Waals surface area contributed by atoms with Gasteiger partial charge in [-0.3, -0.25) is 4.68 Å². The Labute approximate surface area is 197 Å². The largest absolute Gasteiger partial charge is 0.315 e. The fourth-order valence-electron chi connectivity index (χ4n) is 4.72. The Balaban J connectivity index is 1.53. The molecule has 0 bridgehead atoms. The minimum absolute atomic E-state index is 0.224. The Morgan fingerprint density at radius 3 is 2.73 bits per heavy atom. The molecular weight excluding hydrogens is 430 g/mol. The lowest BCUT2D eigenvalue weighted by molar-refractivity contribution is 0.208. The van der Waals surface area contributed by atoms with Crippen molar-refractivity contribution in [1.82, 2.24) is 29.7 Å². The summed E-state index contributed by atoms with van der Waals surface area (Å²) in [5.74, 6) is 0. The Bertz CT molecular complexity index is 1320. The van der Waals surface area contributed by atoms with Crippen LogP contribution in [0.5, 0.6) is 0 Å². The summed E-state index contributed by atoms with van der Waals surface area (Å²) in [7, 11) is 2.06. The summed E-state index contributed by atoms with van der Waals surface area (Å²) < 4.78 is 4.00. The predicted molar refractivity (Wildman–Crippen MR) is 129 cm³/mol. The van der Waals surface area contributed by atoms with E-state index in [1.54, 1.807) is 28.7 Å². The summed E-state index contributed by atoms with van der Waals surface area (Å²) in [6.45, 7) is 4.45. The van der Waals surface area contributed by atoms with Gasteiger partial charge in [-0.1, -0.05) is 17.8 Å². The second-order valence-electron chi connectivity index (χ2n) is 8.96. The van der Waals surface area contributed by atoms with E-state index in [0.29, 0.717) is 11.6 Å². The van der Waals surface area contributed by atoms with Crippen molar-refractivity contribution in [2.45, 2.75) is 61.0 Å². The van der Waals surface area contributed by atoms with Crippen molar-refractivity contribution < 1.29 is 0 Å². The smallest absolute Gasteiger partial charge is 0.103 e. The van der Waals surface area contributed by atoms with E-state index in [1.807, 2.05) is 30.6 Å². The summed E-state index contributed by atoms with van der Waals surface area (Å²) >= 11 is 1.55. The van der Waals surface area contributed by atoms with Gasteiger partial charge in [-0.2, -0.15) is 15.5 Å². The van der Waals surface area contributed by atoms with E-state index in [4.69, 9.17) is 5.10 Å². The quantitative estimate of drug-likeness (QED) is 0.453. The van der Waals surface area contributed by atoms with Gasteiger partial charge < -0.3 is 5.32 Å². The molecular formula is C25H27N7S. The van der Waals surface area contributed by atoms with Crippen LogP contribution in [0.1, 0.15) is 49.9 Å². The topological polar surface area (TPSA) is 83.8 Å². The van der Waals surface area contributed by atoms with Crippen LogP contribution >= 0.6 is 11.8 Å². The predicted octanol–water partition coefficient (Wildman–Crippen LogP) is 5.02. The molecule has 1 N–H and O–H groups in total. The molecule has 0 unspecified atom stereocenters. The van der Waals surface area contributed by atoms with E-state index >= 15 is 0 Å². The van der Waals surface area contributed by atoms with E-state index in [1.165, 1.54) is 0 Å². The Morgan fingerprint density at radius 2 is 2.03 bits per heavy atom. The van der Waals surface area contributed by atoms with E-state index < -0.39 is 0 Å². The van der Waals surface area contributed by atoms with Crippen LogP contribution in [-0.2, 0) is 0 Å². The number of hydrogen-bond acceptors (Lipinski definition) is 6. The molecule has 0 atom stereocenters. The molecule has 0 aromatic carbocycles. The van der Waals surface area contributed by atoms with Crippen molar-refractivity contribution in [1.29, 1.82) is 5.26 Å². The molecule has 5 rings (SSSR count). The summed E-state index contributed by atoms with van der Waals surface area (Å²) in [5.41, 5.74) is 4.88. The fourth-order valence-corrected chi connectivity index (χ4v) is 5.69. The third-order valence-electron chi connectivity index (χ3n) is 6.91. The lowest BCUT2D eigenvalue weighted by Gasteiger charge is -2.37. The van der Waals surface area contributed by atoms with Gasteiger partial charge in [0.1, 0.15) is 11.1 Å². The Kier molecular flexibility index (Phi) is 5.69. The van der Waals surface area contributed by atoms with Crippen molar-refractivity contribution in [3.63, 3.8) is 0 Å². The third-order valence-corrected chi connectivity index (χ3v) is 7.90. The molecule has 1 aliphatic carbocycles. The van der Waals surface area contributed by atoms with Gasteiger partial charge in [-0.25, -0.2) is 9.50 Å². The van der Waals surface area contributed by atoms with Crippen molar-refractivity contribution >= 4 is 17.3 Å². The van der Waals surface area contributed by atoms with Gasteiger partial charge in [0.15, 0.2) is 0 Å². The van der Waals surface area contributed by atoms with Crippen molar-refractivity contribution in [2.24, 2.45) is 0 Å². The van der Waals surface area contributed by atoms with Crippen LogP contribution in [-0.4, -0.2) is 37.0 Å². The highest BCUT2D eigenvalue weighted by atomic mass is 32.2. The van der Waals surface area contributed by atoms with Crippen LogP contribution in [0.15, 0.2) is 59.0 Å². The number of nitriles is 1. The molecule has 4 aromatic heterocycles. The molecule has 4 heterocycles. The third kappa shape index (κ3) is 4.03. The molecule has 0 radical (unpaired) electrons. The van der Waals surface area contributed by atoms with Crippen LogP contribution in [0.2, 0.25) is 0 Å². The van der Waals surface area contributed by atoms with E-state index in [0.717, 1.165) is 57.9 Å². The first-order chi connectivity index (χ1) is 16.0. The van der Waals surface area contributed by atoms with Gasteiger partial charge in [0.25, 0.3) is 0 Å². The minimum Gasteiger partial charge on any atom is -0.315 e. The normalized spacial score (nSPS) is 20.7. The number of aromatic nitrogens is 5. The maximum absolute atomic E-state index is 9.60. The molecule has 4 aromatic rings. The fraction of sp³-hybridized carbons (Fsp3) is 0.360. The zero-order valence-corrected chi connectivity index (χ0v) is 19.9. The van der Waals surface area contributed by atoms with Gasteiger partial charge in [-0.15, -0.1) is 0 Å². The van der Waals surface area contributed by atoms with Crippen LogP contribution in [0.3, 0.4) is 0 Å². The lowest BCUT2D eigenvalue weighted by Crippen LogP contribution is -2.43. The van der Waals surface area contributed by atoms with Gasteiger partial charge >= 0.3 is 0 Å². The number of nitrogens with zero attached hydrogens (tertiary/aromatic N) is 6. The first kappa shape index (κ1) is 21.7. The molecule has 7 nitrogen and oxygen atoms in total. The molecule has 0 saturated heterocycles. The van der Waals surface area contributed by atoms with Crippen molar-refractivity contribution in [3.8, 4) is 17.2 Å². The number of pyridine rings is 2. The van der Waals surface area contributed by atoms with Crippen LogP contribution < -0.4 is 5.32 Å². The van der Waals surface area contributed by atoms with E-state index in [-0.39, 0.29) is 5.54 Å². The molecule has 1 fully saturated rings. The van der Waals surface area contributed by atoms with Crippen molar-refractivity contribution in [2.75, 3.05) is 7.05 Å². The number of hydrogen-bond donors (Lipinski definition) is 1. The molecule has 168 valence electrons. The zero-order valence-electron chi connectivity index (χ0n) is 19.1. The van der Waals surface area contributed by atoms with Crippen molar-refractivity contribution in [3.05, 3.63) is 60.3 Å². The van der Waals surface area contributed by atoms with E-state index in [2.05, 4.69) is 53.1 Å². The Morgan fingerprint density at radius 1 is 1.21 bits per heavy atom. The second-order valence-corrected chi connectivity index (χ2v) is 10.0. The highest BCUT2D eigenvalue weighted by molar-refractivity contribution is 7.99. The number of rotatable bonds is 5. The molecule has 33 heavy (non-hydrogen) atoms. The standard InChI is InChI=1S/C25H27N7S/c1-17-21(15-30-32(17)20-7-9-25(2,27-3)10-8-20)18-12-22(33-23-6-4-5-11-28-23)24-19(13-26)14-29-31(24)16-18/h4-6,11-12,14-16,20,27H,7-10H2,1-3H3/t20-,25+. The van der Waals surface area contributed by atoms with Gasteiger partial charge in [0.2, 0.25) is 0 Å². The second kappa shape index (κ2) is 8.65. The van der Waals surface area contributed by atoms with Gasteiger partial charge in [0.05, 0.1) is 29.5 Å². The highest BCUT2D eigenvalue weighted by Gasteiger charge is 2.31. The molecule has 0 amide bonds. The maximum Gasteiger partial charge on any atom is 0.103 e. The zero-order chi connectivity index (χ0) is 23.0. The van der Waals surface area contributed by atoms with Gasteiger partial charge in [0, 0.05) is 39.6 Å². The first-order valence-electron chi connectivity index (χ1n) is 11.2. The maximum atomic E-state index is 9.60. The first-order valence-corrected chi connectivity index (χ1v) is 12.1. The van der Waals surface area contributed by atoms with Crippen LogP contribution in [0, 0.1) is 18.3 Å². The molecule has 1 saturated carbocycles. The summed E-state index contributed by atoms with van der Waals surface area (Å²) in [4.78, 5) is 5.41. The average Bonchev–Trinajstić information content (AvgIpc) is 3.43. The summed E-state index contributed by atoms with van der Waals surface area (Å²) in [6.07, 6.45) is 11.9. The van der Waals surface area contributed by atoms with Crippen LogP contribution in [0.25, 0.3) is 16.6 Å². The average molecular weight is 458 g/mol. The highest BCUT2D eigenvalue weighted by Crippen LogP contribution is 2.38. The monoisotopic (exact) mass is 457 g/mol. The van der Waals surface area contributed by atoms with Gasteiger partial charge in [-0.05, 0) is 64.8 Å². The summed E-state index contributed by atoms with van der Waals surface area (Å²) in [5, 5.41) is 23.2. The summed E-state index contributed by atoms with van der Waals surface area (Å²) in [6, 6.07) is 10.7. The number of nitrogens with one attached hydrogen (secondary N) is 1. The molecule has 8 heteroatoms. The molecule has 1 aliphatic rings. The number of fused-ring (bicyclic) bond motifs is 1. The van der Waals surface area contributed by atoms with Crippen LogP contribution in [0.4, 0.5) is 0 Å². The molecule has 0 spiro atoms.